The van der Waals surface area contributed by atoms with Crippen molar-refractivity contribution in [3.05, 3.63) is 82.5 Å². The van der Waals surface area contributed by atoms with Crippen molar-refractivity contribution in [3.8, 4) is 0 Å². The smallest absolute Gasteiger partial charge is 0.196 e. The fourth-order valence-electron chi connectivity index (χ4n) is 4.20. The standard InChI is InChI=1S/C23H20FN5O2/c1-2-16(29-12-28-19-22(25)26-11-27-23(19)29)21-18(13-6-4-3-5-7-13)20(30)15-10-14(24)8-9-17(15)31-21/h3-6,8-13,16H,2,7H2,1H3,(H2,25,26,27). The lowest BCUT2D eigenvalue weighted by molar-refractivity contribution is 0.425. The molecule has 1 aromatic carbocycles. The Morgan fingerprint density at radius 1 is 1.29 bits per heavy atom. The third kappa shape index (κ3) is 3.11. The molecule has 0 fully saturated rings. The van der Waals surface area contributed by atoms with Crippen LogP contribution in [0.3, 0.4) is 0 Å². The third-order valence-electron chi connectivity index (χ3n) is 5.68. The summed E-state index contributed by atoms with van der Waals surface area (Å²) in [5.74, 6) is 0.160. The Labute approximate surface area is 176 Å². The number of halogens is 1. The minimum absolute atomic E-state index is 0.174. The van der Waals surface area contributed by atoms with Gasteiger partial charge in [0.25, 0.3) is 0 Å². The van der Waals surface area contributed by atoms with Gasteiger partial charge in [0.2, 0.25) is 0 Å². The number of fused-ring (bicyclic) bond motifs is 2. The number of nitrogens with two attached hydrogens (primary N) is 1. The van der Waals surface area contributed by atoms with Crippen molar-refractivity contribution < 1.29 is 8.81 Å². The summed E-state index contributed by atoms with van der Waals surface area (Å²) in [5.41, 5.74) is 7.65. The van der Waals surface area contributed by atoms with Gasteiger partial charge in [-0.25, -0.2) is 19.3 Å². The van der Waals surface area contributed by atoms with Crippen LogP contribution in [0.4, 0.5) is 10.2 Å². The summed E-state index contributed by atoms with van der Waals surface area (Å²) >= 11 is 0. The van der Waals surface area contributed by atoms with Crippen molar-refractivity contribution in [1.82, 2.24) is 19.5 Å². The first-order valence-electron chi connectivity index (χ1n) is 10.1. The van der Waals surface area contributed by atoms with Crippen LogP contribution in [0.25, 0.3) is 22.1 Å². The van der Waals surface area contributed by atoms with Gasteiger partial charge in [0.15, 0.2) is 16.9 Å². The van der Waals surface area contributed by atoms with Crippen LogP contribution in [0.2, 0.25) is 0 Å². The molecular formula is C23H20FN5O2. The van der Waals surface area contributed by atoms with Gasteiger partial charge in [-0.1, -0.05) is 31.2 Å². The molecule has 3 heterocycles. The quantitative estimate of drug-likeness (QED) is 0.533. The Morgan fingerprint density at radius 3 is 2.94 bits per heavy atom. The number of allylic oxidation sites excluding steroid dienone is 4. The monoisotopic (exact) mass is 417 g/mol. The van der Waals surface area contributed by atoms with Crippen LogP contribution in [0.15, 0.2) is 64.4 Å². The van der Waals surface area contributed by atoms with E-state index in [0.717, 1.165) is 0 Å². The highest BCUT2D eigenvalue weighted by Crippen LogP contribution is 2.35. The molecule has 1 aliphatic carbocycles. The molecule has 0 bridgehead atoms. The zero-order valence-electron chi connectivity index (χ0n) is 16.8. The molecule has 31 heavy (non-hydrogen) atoms. The Morgan fingerprint density at radius 2 is 2.16 bits per heavy atom. The van der Waals surface area contributed by atoms with E-state index < -0.39 is 5.82 Å². The number of nitrogen functional groups attached to an aromatic ring is 1. The van der Waals surface area contributed by atoms with E-state index in [9.17, 15) is 9.18 Å². The number of rotatable bonds is 4. The Balaban J connectivity index is 1.80. The highest BCUT2D eigenvalue weighted by molar-refractivity contribution is 5.81. The van der Waals surface area contributed by atoms with Gasteiger partial charge in [0.05, 0.1) is 17.8 Å². The number of imidazole rings is 1. The second-order valence-corrected chi connectivity index (χ2v) is 7.51. The van der Waals surface area contributed by atoms with E-state index in [1.54, 1.807) is 6.33 Å². The van der Waals surface area contributed by atoms with Gasteiger partial charge in [0.1, 0.15) is 29.0 Å². The summed E-state index contributed by atoms with van der Waals surface area (Å²) in [6, 6.07) is 3.67. The molecule has 5 rings (SSSR count). The lowest BCUT2D eigenvalue weighted by Crippen LogP contribution is -2.21. The number of anilines is 1. The highest BCUT2D eigenvalue weighted by atomic mass is 19.1. The van der Waals surface area contributed by atoms with Gasteiger partial charge in [-0.3, -0.25) is 4.79 Å². The number of hydrogen-bond acceptors (Lipinski definition) is 6. The molecule has 0 aliphatic heterocycles. The lowest BCUT2D eigenvalue weighted by Gasteiger charge is -2.23. The van der Waals surface area contributed by atoms with Gasteiger partial charge in [-0.15, -0.1) is 0 Å². The van der Waals surface area contributed by atoms with Crippen LogP contribution in [-0.4, -0.2) is 19.5 Å². The number of nitrogens with zero attached hydrogens (tertiary/aromatic N) is 4. The minimum atomic E-state index is -0.475. The van der Waals surface area contributed by atoms with Crippen LogP contribution in [0, 0.1) is 5.82 Å². The number of benzene rings is 1. The van der Waals surface area contributed by atoms with E-state index in [4.69, 9.17) is 10.2 Å². The maximum Gasteiger partial charge on any atom is 0.196 e. The first-order chi connectivity index (χ1) is 15.1. The fourth-order valence-corrected chi connectivity index (χ4v) is 4.20. The van der Waals surface area contributed by atoms with Crippen molar-refractivity contribution >= 4 is 28.0 Å². The first kappa shape index (κ1) is 19.2. The van der Waals surface area contributed by atoms with E-state index in [2.05, 4.69) is 15.0 Å². The number of hydrogen-bond donors (Lipinski definition) is 1. The third-order valence-corrected chi connectivity index (χ3v) is 5.68. The maximum absolute atomic E-state index is 13.9. The predicted molar refractivity (Wildman–Crippen MR) is 116 cm³/mol. The van der Waals surface area contributed by atoms with E-state index >= 15 is 0 Å². The molecular weight excluding hydrogens is 397 g/mol. The molecule has 2 atom stereocenters. The normalized spacial score (nSPS) is 16.9. The fraction of sp³-hybridized carbons (Fsp3) is 0.217. The second kappa shape index (κ2) is 7.46. The summed E-state index contributed by atoms with van der Waals surface area (Å²) in [6.07, 6.45) is 12.1. The molecule has 0 saturated heterocycles. The van der Waals surface area contributed by atoms with Gasteiger partial charge in [0, 0.05) is 11.5 Å². The van der Waals surface area contributed by atoms with E-state index in [-0.39, 0.29) is 28.6 Å². The summed E-state index contributed by atoms with van der Waals surface area (Å²) in [7, 11) is 0. The first-order valence-corrected chi connectivity index (χ1v) is 10.1. The topological polar surface area (TPSA) is 99.8 Å². The summed E-state index contributed by atoms with van der Waals surface area (Å²) in [5, 5.41) is 0.235. The van der Waals surface area contributed by atoms with Crippen molar-refractivity contribution in [1.29, 1.82) is 0 Å². The molecule has 1 aliphatic rings. The van der Waals surface area contributed by atoms with Crippen molar-refractivity contribution in [2.75, 3.05) is 5.73 Å². The number of aromatic nitrogens is 4. The van der Waals surface area contributed by atoms with Crippen LogP contribution in [-0.2, 0) is 0 Å². The van der Waals surface area contributed by atoms with Gasteiger partial charge < -0.3 is 14.7 Å². The predicted octanol–water partition coefficient (Wildman–Crippen LogP) is 4.25. The van der Waals surface area contributed by atoms with Crippen molar-refractivity contribution in [3.63, 3.8) is 0 Å². The molecule has 0 spiro atoms. The van der Waals surface area contributed by atoms with Crippen molar-refractivity contribution in [2.24, 2.45) is 0 Å². The van der Waals surface area contributed by atoms with E-state index in [1.807, 2.05) is 35.8 Å². The Hall–Kier alpha value is -3.81. The molecule has 0 amide bonds. The Kier molecular flexibility index (Phi) is 4.62. The maximum atomic E-state index is 13.9. The summed E-state index contributed by atoms with van der Waals surface area (Å²) in [6.45, 7) is 2.00. The van der Waals surface area contributed by atoms with Gasteiger partial charge in [-0.2, -0.15) is 0 Å². The lowest BCUT2D eigenvalue weighted by atomic mass is 9.88. The molecule has 7 nitrogen and oxygen atoms in total. The highest BCUT2D eigenvalue weighted by Gasteiger charge is 2.28. The molecule has 156 valence electrons. The summed E-state index contributed by atoms with van der Waals surface area (Å²) < 4.78 is 22.1. The average molecular weight is 417 g/mol. The zero-order valence-corrected chi connectivity index (χ0v) is 16.8. The molecule has 8 heteroatoms. The van der Waals surface area contributed by atoms with Crippen LogP contribution in [0.5, 0.6) is 0 Å². The zero-order chi connectivity index (χ0) is 21.5. The van der Waals surface area contributed by atoms with Crippen LogP contribution < -0.4 is 11.2 Å². The second-order valence-electron chi connectivity index (χ2n) is 7.51. The van der Waals surface area contributed by atoms with E-state index in [0.29, 0.717) is 40.9 Å². The summed E-state index contributed by atoms with van der Waals surface area (Å²) in [4.78, 5) is 26.3. The van der Waals surface area contributed by atoms with E-state index in [1.165, 1.54) is 24.5 Å². The molecule has 0 radical (unpaired) electrons. The van der Waals surface area contributed by atoms with Gasteiger partial charge in [-0.05, 0) is 31.0 Å². The van der Waals surface area contributed by atoms with Crippen molar-refractivity contribution in [2.45, 2.75) is 31.7 Å². The van der Waals surface area contributed by atoms with Gasteiger partial charge >= 0.3 is 0 Å². The molecule has 3 aromatic heterocycles. The molecule has 2 N–H and O–H groups in total. The minimum Gasteiger partial charge on any atom is -0.458 e. The van der Waals surface area contributed by atoms with Crippen LogP contribution in [0.1, 0.15) is 43.0 Å². The Bertz CT molecular complexity index is 1420. The molecule has 0 saturated carbocycles. The molecule has 4 aromatic rings. The SMILES string of the molecule is CCC(c1oc2ccc(F)cc2c(=O)c1C1C=CC=CC1)n1cnc2c(N)ncnc21. The van der Waals surface area contributed by atoms with Crippen LogP contribution >= 0.6 is 0 Å². The largest absolute Gasteiger partial charge is 0.458 e. The average Bonchev–Trinajstić information content (AvgIpc) is 3.21. The molecule has 2 unspecified atom stereocenters.